The van der Waals surface area contributed by atoms with E-state index < -0.39 is 5.97 Å². The number of ether oxygens (including phenoxy) is 2. The smallest absolute Gasteiger partial charge is 0.347 e. The Kier molecular flexibility index (Phi) is 5.75. The molecule has 5 nitrogen and oxygen atoms in total. The van der Waals surface area contributed by atoms with Crippen molar-refractivity contribution in [2.45, 2.75) is 6.92 Å². The lowest BCUT2D eigenvalue weighted by atomic mass is 10.2. The molecule has 1 heterocycles. The van der Waals surface area contributed by atoms with E-state index in [1.165, 1.54) is 0 Å². The maximum atomic E-state index is 11.2. The van der Waals surface area contributed by atoms with Crippen molar-refractivity contribution in [2.24, 2.45) is 0 Å². The Balaban J connectivity index is 1.60. The second kappa shape index (κ2) is 8.21. The molecule has 0 aliphatic carbocycles. The molecule has 0 spiro atoms. The first-order chi connectivity index (χ1) is 12.5. The highest BCUT2D eigenvalue weighted by Crippen LogP contribution is 2.30. The maximum absolute atomic E-state index is 11.2. The summed E-state index contributed by atoms with van der Waals surface area (Å²) in [5.74, 6) is 0.441. The van der Waals surface area contributed by atoms with Crippen LogP contribution >= 0.6 is 22.9 Å². The number of carbonyl (C=O) groups is 1. The van der Waals surface area contributed by atoms with E-state index in [0.29, 0.717) is 34.7 Å². The molecule has 0 saturated heterocycles. The van der Waals surface area contributed by atoms with Crippen molar-refractivity contribution in [1.29, 1.82) is 0 Å². The Labute approximate surface area is 159 Å². The molecule has 7 heteroatoms. The fourth-order valence-electron chi connectivity index (χ4n) is 2.29. The third-order valence-corrected chi connectivity index (χ3v) is 4.95. The molecule has 0 amide bonds. The minimum Gasteiger partial charge on any atom is -0.490 e. The molecular weight excluding hydrogens is 374 g/mol. The molecule has 0 unspecified atom stereocenters. The van der Waals surface area contributed by atoms with Crippen LogP contribution in [0, 0.1) is 6.92 Å². The lowest BCUT2D eigenvalue weighted by Crippen LogP contribution is -2.08. The number of aryl methyl sites for hydroxylation is 1. The maximum Gasteiger partial charge on any atom is 0.347 e. The monoisotopic (exact) mass is 389 g/mol. The summed E-state index contributed by atoms with van der Waals surface area (Å²) in [5.41, 5.74) is 1.34. The summed E-state index contributed by atoms with van der Waals surface area (Å²) >= 11 is 6.98. The topological polar surface area (TPSA) is 68.7 Å². The number of nitrogens with zero attached hydrogens (tertiary/aromatic N) is 1. The molecule has 1 aromatic heterocycles. The number of hydrogen-bond acceptors (Lipinski definition) is 5. The summed E-state index contributed by atoms with van der Waals surface area (Å²) in [6.45, 7) is 2.46. The van der Waals surface area contributed by atoms with Crippen LogP contribution in [0.25, 0.3) is 10.6 Å². The van der Waals surface area contributed by atoms with Gasteiger partial charge in [0.15, 0.2) is 0 Å². The van der Waals surface area contributed by atoms with E-state index in [2.05, 4.69) is 4.98 Å². The van der Waals surface area contributed by atoms with E-state index in [4.69, 9.17) is 26.2 Å². The lowest BCUT2D eigenvalue weighted by Gasteiger charge is -2.09. The van der Waals surface area contributed by atoms with Gasteiger partial charge in [0, 0.05) is 10.6 Å². The van der Waals surface area contributed by atoms with Crippen LogP contribution in [0.2, 0.25) is 5.02 Å². The summed E-state index contributed by atoms with van der Waals surface area (Å²) < 4.78 is 11.3. The number of rotatable bonds is 7. The molecule has 3 rings (SSSR count). The Bertz CT molecular complexity index is 908. The SMILES string of the molecule is Cc1nc(-c2cccc(OCCOc3ccc(Cl)cc3)c2)sc1C(=O)O. The molecule has 0 bridgehead atoms. The third-order valence-electron chi connectivity index (χ3n) is 3.51. The second-order valence-electron chi connectivity index (χ2n) is 5.42. The van der Waals surface area contributed by atoms with Crippen LogP contribution in [0.1, 0.15) is 15.4 Å². The van der Waals surface area contributed by atoms with Gasteiger partial charge in [0.1, 0.15) is 34.6 Å². The van der Waals surface area contributed by atoms with Gasteiger partial charge >= 0.3 is 5.97 Å². The van der Waals surface area contributed by atoms with Crippen molar-refractivity contribution >= 4 is 28.9 Å². The number of hydrogen-bond donors (Lipinski definition) is 1. The van der Waals surface area contributed by atoms with Crippen molar-refractivity contribution in [1.82, 2.24) is 4.98 Å². The van der Waals surface area contributed by atoms with Crippen LogP contribution in [-0.4, -0.2) is 29.3 Å². The van der Waals surface area contributed by atoms with Crippen molar-refractivity contribution in [3.05, 3.63) is 64.1 Å². The summed E-state index contributed by atoms with van der Waals surface area (Å²) in [5, 5.41) is 10.5. The summed E-state index contributed by atoms with van der Waals surface area (Å²) in [4.78, 5) is 15.8. The molecule has 0 aliphatic heterocycles. The molecule has 134 valence electrons. The van der Waals surface area contributed by atoms with Crippen LogP contribution in [-0.2, 0) is 0 Å². The predicted molar refractivity (Wildman–Crippen MR) is 102 cm³/mol. The first kappa shape index (κ1) is 18.2. The first-order valence-corrected chi connectivity index (χ1v) is 9.04. The van der Waals surface area contributed by atoms with E-state index in [1.807, 2.05) is 24.3 Å². The van der Waals surface area contributed by atoms with E-state index in [-0.39, 0.29) is 4.88 Å². The van der Waals surface area contributed by atoms with Gasteiger partial charge in [-0.1, -0.05) is 23.7 Å². The molecule has 3 aromatic rings. The molecule has 0 fully saturated rings. The van der Waals surface area contributed by atoms with Crippen molar-refractivity contribution in [2.75, 3.05) is 13.2 Å². The first-order valence-electron chi connectivity index (χ1n) is 7.85. The van der Waals surface area contributed by atoms with Gasteiger partial charge < -0.3 is 14.6 Å². The van der Waals surface area contributed by atoms with E-state index in [0.717, 1.165) is 22.6 Å². The van der Waals surface area contributed by atoms with Gasteiger partial charge in [-0.05, 0) is 43.3 Å². The fourth-order valence-corrected chi connectivity index (χ4v) is 3.31. The normalized spacial score (nSPS) is 10.5. The highest BCUT2D eigenvalue weighted by Gasteiger charge is 2.15. The number of carboxylic acids is 1. The highest BCUT2D eigenvalue weighted by molar-refractivity contribution is 7.17. The van der Waals surface area contributed by atoms with Crippen LogP contribution in [0.4, 0.5) is 0 Å². The van der Waals surface area contributed by atoms with E-state index in [9.17, 15) is 4.79 Å². The summed E-state index contributed by atoms with van der Waals surface area (Å²) in [7, 11) is 0. The Hall–Kier alpha value is -2.57. The van der Waals surface area contributed by atoms with Crippen LogP contribution in [0.3, 0.4) is 0 Å². The van der Waals surface area contributed by atoms with Gasteiger partial charge in [0.2, 0.25) is 0 Å². The molecule has 0 atom stereocenters. The van der Waals surface area contributed by atoms with Crippen molar-refractivity contribution in [3.8, 4) is 22.1 Å². The number of aromatic nitrogens is 1. The Morgan fingerprint density at radius 3 is 2.46 bits per heavy atom. The predicted octanol–water partition coefficient (Wildman–Crippen LogP) is 4.93. The van der Waals surface area contributed by atoms with Gasteiger partial charge in [0.05, 0.1) is 5.69 Å². The average molecular weight is 390 g/mol. The van der Waals surface area contributed by atoms with Crippen LogP contribution < -0.4 is 9.47 Å². The zero-order chi connectivity index (χ0) is 18.5. The van der Waals surface area contributed by atoms with Crippen molar-refractivity contribution in [3.63, 3.8) is 0 Å². The quantitative estimate of drug-likeness (QED) is 0.580. The summed E-state index contributed by atoms with van der Waals surface area (Å²) in [6, 6.07) is 14.5. The number of aromatic carboxylic acids is 1. The highest BCUT2D eigenvalue weighted by atomic mass is 35.5. The Morgan fingerprint density at radius 2 is 1.81 bits per heavy atom. The zero-order valence-electron chi connectivity index (χ0n) is 13.9. The summed E-state index contributed by atoms with van der Waals surface area (Å²) in [6.07, 6.45) is 0. The number of halogens is 1. The minimum absolute atomic E-state index is 0.252. The molecule has 1 N–H and O–H groups in total. The van der Waals surface area contributed by atoms with Gasteiger partial charge in [-0.3, -0.25) is 0 Å². The van der Waals surface area contributed by atoms with Crippen LogP contribution in [0.15, 0.2) is 48.5 Å². The molecular formula is C19H16ClNO4S. The zero-order valence-corrected chi connectivity index (χ0v) is 15.5. The fraction of sp³-hybridized carbons (Fsp3) is 0.158. The lowest BCUT2D eigenvalue weighted by molar-refractivity contribution is 0.0701. The van der Waals surface area contributed by atoms with E-state index >= 15 is 0 Å². The second-order valence-corrected chi connectivity index (χ2v) is 6.85. The molecule has 0 aliphatic rings. The average Bonchev–Trinajstić information content (AvgIpc) is 3.03. The van der Waals surface area contributed by atoms with Gasteiger partial charge in [0.25, 0.3) is 0 Å². The van der Waals surface area contributed by atoms with Gasteiger partial charge in [-0.25, -0.2) is 9.78 Å². The van der Waals surface area contributed by atoms with Gasteiger partial charge in [-0.15, -0.1) is 11.3 Å². The molecule has 26 heavy (non-hydrogen) atoms. The number of benzene rings is 2. The number of thiazole rings is 1. The minimum atomic E-state index is -0.960. The Morgan fingerprint density at radius 1 is 1.12 bits per heavy atom. The van der Waals surface area contributed by atoms with Crippen molar-refractivity contribution < 1.29 is 19.4 Å². The van der Waals surface area contributed by atoms with E-state index in [1.54, 1.807) is 31.2 Å². The van der Waals surface area contributed by atoms with Gasteiger partial charge in [-0.2, -0.15) is 0 Å². The molecule has 2 aromatic carbocycles. The molecule has 0 radical (unpaired) electrons. The largest absolute Gasteiger partial charge is 0.490 e. The standard InChI is InChI=1S/C19H16ClNO4S/c1-12-17(19(22)23)26-18(21-12)13-3-2-4-16(11-13)25-10-9-24-15-7-5-14(20)6-8-15/h2-8,11H,9-10H2,1H3,(H,22,23). The molecule has 0 saturated carbocycles. The number of carboxylic acid groups (broad SMARTS) is 1. The van der Waals surface area contributed by atoms with Crippen LogP contribution in [0.5, 0.6) is 11.5 Å². The third kappa shape index (κ3) is 4.53.